The highest BCUT2D eigenvalue weighted by molar-refractivity contribution is 6.00. The summed E-state index contributed by atoms with van der Waals surface area (Å²) < 4.78 is 11.1. The Morgan fingerprint density at radius 1 is 1.48 bits per heavy atom. The number of aromatic nitrogens is 2. The summed E-state index contributed by atoms with van der Waals surface area (Å²) in [6, 6.07) is 8.13. The van der Waals surface area contributed by atoms with E-state index in [2.05, 4.69) is 15.5 Å². The minimum Gasteiger partial charge on any atom is -0.384 e. The van der Waals surface area contributed by atoms with Crippen molar-refractivity contribution in [3.05, 3.63) is 41.6 Å². The number of benzene rings is 1. The van der Waals surface area contributed by atoms with Crippen LogP contribution in [0.15, 0.2) is 30.5 Å². The Balaban J connectivity index is 1.53. The molecule has 2 heterocycles. The Bertz CT molecular complexity index is 773. The van der Waals surface area contributed by atoms with Gasteiger partial charge in [0.15, 0.2) is 0 Å². The van der Waals surface area contributed by atoms with Gasteiger partial charge in [0.1, 0.15) is 0 Å². The van der Waals surface area contributed by atoms with Gasteiger partial charge in [-0.05, 0) is 19.4 Å². The van der Waals surface area contributed by atoms with Gasteiger partial charge in [0, 0.05) is 37.2 Å². The largest absolute Gasteiger partial charge is 0.384 e. The van der Waals surface area contributed by atoms with E-state index in [1.807, 2.05) is 31.2 Å². The van der Waals surface area contributed by atoms with Crippen molar-refractivity contribution in [1.82, 2.24) is 15.5 Å². The molecule has 1 aromatic carbocycles. The third kappa shape index (κ3) is 2.85. The van der Waals surface area contributed by atoms with Gasteiger partial charge in [0.2, 0.25) is 0 Å². The first-order valence-corrected chi connectivity index (χ1v) is 8.71. The number of ether oxygens (including phenoxy) is 2. The monoisotopic (exact) mass is 341 g/mol. The highest BCUT2D eigenvalue weighted by Gasteiger charge is 2.54. The number of amides is 1. The maximum atomic E-state index is 12.9. The summed E-state index contributed by atoms with van der Waals surface area (Å²) in [6.07, 6.45) is 2.80. The molecule has 0 unspecified atom stereocenters. The molecule has 6 heteroatoms. The zero-order valence-electron chi connectivity index (χ0n) is 14.5. The number of nitrogens with zero attached hydrogens (tertiary/aromatic N) is 1. The molecule has 2 fully saturated rings. The van der Waals surface area contributed by atoms with Crippen molar-refractivity contribution < 1.29 is 14.3 Å². The minimum absolute atomic E-state index is 0.0956. The van der Waals surface area contributed by atoms with E-state index in [9.17, 15) is 4.79 Å². The molecule has 0 bridgehead atoms. The number of aryl methyl sites for hydroxylation is 1. The lowest BCUT2D eigenvalue weighted by Gasteiger charge is -2.47. The molecule has 2 aromatic rings. The normalized spacial score (nSPS) is 27.6. The smallest absolute Gasteiger partial charge is 0.255 e. The number of hydrogen-bond acceptors (Lipinski definition) is 4. The molecule has 2 N–H and O–H groups in total. The van der Waals surface area contributed by atoms with Crippen LogP contribution in [0.3, 0.4) is 0 Å². The number of carbonyl (C=O) groups excluding carboxylic acids is 1. The molecule has 4 atom stereocenters. The van der Waals surface area contributed by atoms with Gasteiger partial charge >= 0.3 is 0 Å². The summed E-state index contributed by atoms with van der Waals surface area (Å²) in [6.45, 7) is 3.40. The number of H-pyrrole nitrogens is 1. The van der Waals surface area contributed by atoms with Crippen LogP contribution in [0.1, 0.15) is 22.3 Å². The van der Waals surface area contributed by atoms with Gasteiger partial charge in [-0.15, -0.1) is 0 Å². The fourth-order valence-electron chi connectivity index (χ4n) is 4.14. The Labute approximate surface area is 146 Å². The standard InChI is InChI=1S/C19H23N3O3/c1-11-4-3-5-12(8-11)16-14(9-20-22-16)19(23)21-17-13-6-7-25-18(13)15(17)10-24-2/h3-5,8-9,13,15,17-18H,6-7,10H2,1-2H3,(H,20,22)(H,21,23)/t13-,15+,17+,18-/m0/s1. The molecule has 1 saturated carbocycles. The first-order valence-electron chi connectivity index (χ1n) is 8.71. The van der Waals surface area contributed by atoms with Gasteiger partial charge in [0.05, 0.1) is 30.2 Å². The molecule has 1 saturated heterocycles. The van der Waals surface area contributed by atoms with Crippen molar-refractivity contribution in [2.45, 2.75) is 25.5 Å². The molecular formula is C19H23N3O3. The number of rotatable bonds is 5. The van der Waals surface area contributed by atoms with Crippen molar-refractivity contribution in [3.63, 3.8) is 0 Å². The Morgan fingerprint density at radius 2 is 2.36 bits per heavy atom. The van der Waals surface area contributed by atoms with Crippen LogP contribution in [-0.2, 0) is 9.47 Å². The number of nitrogens with one attached hydrogen (secondary N) is 2. The highest BCUT2D eigenvalue weighted by Crippen LogP contribution is 2.44. The summed E-state index contributed by atoms with van der Waals surface area (Å²) in [5.74, 6) is 0.510. The van der Waals surface area contributed by atoms with E-state index < -0.39 is 0 Å². The van der Waals surface area contributed by atoms with E-state index in [0.717, 1.165) is 29.8 Å². The fraction of sp³-hybridized carbons (Fsp3) is 0.474. The first kappa shape index (κ1) is 16.3. The van der Waals surface area contributed by atoms with E-state index in [4.69, 9.17) is 9.47 Å². The van der Waals surface area contributed by atoms with Crippen molar-refractivity contribution in [3.8, 4) is 11.3 Å². The topological polar surface area (TPSA) is 76.2 Å². The average Bonchev–Trinajstić information content (AvgIpc) is 3.25. The van der Waals surface area contributed by atoms with E-state index in [0.29, 0.717) is 18.1 Å². The summed E-state index contributed by atoms with van der Waals surface area (Å²) >= 11 is 0. The number of methoxy groups -OCH3 is 1. The molecule has 1 aliphatic heterocycles. The first-order chi connectivity index (χ1) is 12.2. The summed E-state index contributed by atoms with van der Waals surface area (Å²) in [4.78, 5) is 12.9. The molecule has 132 valence electrons. The third-order valence-electron chi connectivity index (χ3n) is 5.38. The highest BCUT2D eigenvalue weighted by atomic mass is 16.5. The number of carbonyl (C=O) groups is 1. The van der Waals surface area contributed by atoms with E-state index in [1.165, 1.54) is 0 Å². The predicted molar refractivity (Wildman–Crippen MR) is 93.2 cm³/mol. The van der Waals surface area contributed by atoms with Crippen LogP contribution in [0.25, 0.3) is 11.3 Å². The van der Waals surface area contributed by atoms with Crippen LogP contribution in [0.4, 0.5) is 0 Å². The van der Waals surface area contributed by atoms with Crippen LogP contribution >= 0.6 is 0 Å². The van der Waals surface area contributed by atoms with E-state index in [-0.39, 0.29) is 24.0 Å². The average molecular weight is 341 g/mol. The van der Waals surface area contributed by atoms with E-state index in [1.54, 1.807) is 13.3 Å². The van der Waals surface area contributed by atoms with Gasteiger partial charge in [-0.3, -0.25) is 9.89 Å². The lowest BCUT2D eigenvalue weighted by molar-refractivity contribution is -0.0809. The molecule has 1 aromatic heterocycles. The van der Waals surface area contributed by atoms with Crippen molar-refractivity contribution in [2.24, 2.45) is 11.8 Å². The maximum Gasteiger partial charge on any atom is 0.255 e. The van der Waals surface area contributed by atoms with Gasteiger partial charge < -0.3 is 14.8 Å². The molecule has 1 amide bonds. The molecule has 4 rings (SSSR count). The summed E-state index contributed by atoms with van der Waals surface area (Å²) in [5, 5.41) is 10.2. The number of hydrogen-bond donors (Lipinski definition) is 2. The lowest BCUT2D eigenvalue weighted by Crippen LogP contribution is -2.62. The zero-order chi connectivity index (χ0) is 17.4. The van der Waals surface area contributed by atoms with Gasteiger partial charge in [-0.1, -0.05) is 23.8 Å². The second-order valence-electron chi connectivity index (χ2n) is 6.93. The maximum absolute atomic E-state index is 12.9. The van der Waals surface area contributed by atoms with Crippen molar-refractivity contribution in [2.75, 3.05) is 20.3 Å². The molecular weight excluding hydrogens is 318 g/mol. The van der Waals surface area contributed by atoms with Crippen LogP contribution in [0.2, 0.25) is 0 Å². The molecule has 6 nitrogen and oxygen atoms in total. The number of aromatic amines is 1. The van der Waals surface area contributed by atoms with Gasteiger partial charge in [-0.25, -0.2) is 0 Å². The second kappa shape index (κ2) is 6.61. The van der Waals surface area contributed by atoms with Crippen LogP contribution in [0, 0.1) is 18.8 Å². The molecule has 25 heavy (non-hydrogen) atoms. The van der Waals surface area contributed by atoms with Crippen LogP contribution in [0.5, 0.6) is 0 Å². The van der Waals surface area contributed by atoms with Crippen molar-refractivity contribution >= 4 is 5.91 Å². The molecule has 1 aliphatic carbocycles. The third-order valence-corrected chi connectivity index (χ3v) is 5.38. The van der Waals surface area contributed by atoms with Crippen LogP contribution in [-0.4, -0.2) is 48.6 Å². The Morgan fingerprint density at radius 3 is 3.16 bits per heavy atom. The van der Waals surface area contributed by atoms with E-state index >= 15 is 0 Å². The summed E-state index contributed by atoms with van der Waals surface area (Å²) in [7, 11) is 1.69. The lowest BCUT2D eigenvalue weighted by atomic mass is 9.67. The Hall–Kier alpha value is -2.18. The predicted octanol–water partition coefficient (Wildman–Crippen LogP) is 2.16. The van der Waals surface area contributed by atoms with Crippen LogP contribution < -0.4 is 5.32 Å². The van der Waals surface area contributed by atoms with Gasteiger partial charge in [0.25, 0.3) is 5.91 Å². The summed E-state index contributed by atoms with van der Waals surface area (Å²) in [5.41, 5.74) is 3.43. The SMILES string of the molecule is COC[C@@H]1[C@H](NC(=O)c2cn[nH]c2-c2cccc(C)c2)[C@@H]2CCO[C@H]12. The second-order valence-corrected chi connectivity index (χ2v) is 6.93. The zero-order valence-corrected chi connectivity index (χ0v) is 14.5. The molecule has 2 aliphatic rings. The molecule has 0 spiro atoms. The Kier molecular flexibility index (Phi) is 4.31. The quantitative estimate of drug-likeness (QED) is 0.874. The number of fused-ring (bicyclic) bond motifs is 1. The fourth-order valence-corrected chi connectivity index (χ4v) is 4.14. The van der Waals surface area contributed by atoms with Crippen molar-refractivity contribution in [1.29, 1.82) is 0 Å². The minimum atomic E-state index is -0.0956. The van der Waals surface area contributed by atoms with Gasteiger partial charge in [-0.2, -0.15) is 5.10 Å². The molecule has 0 radical (unpaired) electrons.